The highest BCUT2D eigenvalue weighted by Crippen LogP contribution is 2.31. The van der Waals surface area contributed by atoms with E-state index in [0.717, 1.165) is 50.3 Å². The van der Waals surface area contributed by atoms with Crippen molar-refractivity contribution in [2.75, 3.05) is 31.1 Å². The van der Waals surface area contributed by atoms with Crippen molar-refractivity contribution in [3.05, 3.63) is 100 Å². The van der Waals surface area contributed by atoms with E-state index < -0.39 is 0 Å². The zero-order valence-corrected chi connectivity index (χ0v) is 18.8. The van der Waals surface area contributed by atoms with E-state index in [0.29, 0.717) is 6.04 Å². The third-order valence-corrected chi connectivity index (χ3v) is 6.83. The van der Waals surface area contributed by atoms with E-state index >= 15 is 0 Å². The lowest BCUT2D eigenvalue weighted by Gasteiger charge is -2.43. The molecule has 3 nitrogen and oxygen atoms in total. The van der Waals surface area contributed by atoms with E-state index in [2.05, 4.69) is 109 Å². The number of fused-ring (bicyclic) bond motifs is 3. The van der Waals surface area contributed by atoms with Crippen LogP contribution < -0.4 is 4.90 Å². The fourth-order valence-electron chi connectivity index (χ4n) is 4.87. The van der Waals surface area contributed by atoms with E-state index in [9.17, 15) is 0 Å². The van der Waals surface area contributed by atoms with Crippen molar-refractivity contribution < 1.29 is 0 Å². The molecule has 1 atom stereocenters. The molecule has 2 aliphatic rings. The van der Waals surface area contributed by atoms with Gasteiger partial charge in [-0.3, -0.25) is 9.80 Å². The van der Waals surface area contributed by atoms with Crippen LogP contribution in [-0.2, 0) is 19.6 Å². The molecule has 1 unspecified atom stereocenters. The highest BCUT2D eigenvalue weighted by atomic mass is 79.9. The lowest BCUT2D eigenvalue weighted by molar-refractivity contribution is 0.172. The molecule has 1 saturated heterocycles. The van der Waals surface area contributed by atoms with Gasteiger partial charge < -0.3 is 4.90 Å². The quantitative estimate of drug-likeness (QED) is 0.531. The van der Waals surface area contributed by atoms with Gasteiger partial charge in [0.05, 0.1) is 6.04 Å². The molecule has 0 spiro atoms. The first-order valence-electron chi connectivity index (χ1n) is 10.8. The lowest BCUT2D eigenvalue weighted by Crippen LogP contribution is -2.55. The molecule has 1 fully saturated rings. The number of para-hydroxylation sites is 1. The van der Waals surface area contributed by atoms with E-state index in [1.54, 1.807) is 0 Å². The fraction of sp³-hybridized carbons (Fsp3) is 0.308. The Morgan fingerprint density at radius 1 is 0.700 bits per heavy atom. The third-order valence-electron chi connectivity index (χ3n) is 6.30. The van der Waals surface area contributed by atoms with Crippen molar-refractivity contribution in [3.63, 3.8) is 0 Å². The highest BCUT2D eigenvalue weighted by Gasteiger charge is 2.32. The molecule has 0 bridgehead atoms. The minimum atomic E-state index is 0.515. The average Bonchev–Trinajstić information content (AvgIpc) is 2.92. The van der Waals surface area contributed by atoms with E-state index in [1.165, 1.54) is 22.4 Å². The van der Waals surface area contributed by atoms with Crippen molar-refractivity contribution in [1.82, 2.24) is 9.80 Å². The fourth-order valence-corrected chi connectivity index (χ4v) is 5.14. The van der Waals surface area contributed by atoms with Crippen LogP contribution in [0.1, 0.15) is 16.7 Å². The van der Waals surface area contributed by atoms with Gasteiger partial charge in [0, 0.05) is 56.0 Å². The zero-order chi connectivity index (χ0) is 20.3. The van der Waals surface area contributed by atoms with Crippen LogP contribution in [0.15, 0.2) is 83.3 Å². The molecule has 30 heavy (non-hydrogen) atoms. The van der Waals surface area contributed by atoms with Crippen molar-refractivity contribution in [1.29, 1.82) is 0 Å². The summed E-state index contributed by atoms with van der Waals surface area (Å²) in [5, 5.41) is 0. The molecular formula is C26H28BrN3. The Bertz CT molecular complexity index is 973. The number of piperazine rings is 1. The van der Waals surface area contributed by atoms with Crippen molar-refractivity contribution in [3.8, 4) is 0 Å². The zero-order valence-electron chi connectivity index (χ0n) is 17.3. The van der Waals surface area contributed by atoms with Gasteiger partial charge in [-0.15, -0.1) is 0 Å². The summed E-state index contributed by atoms with van der Waals surface area (Å²) < 4.78 is 1.14. The second-order valence-corrected chi connectivity index (χ2v) is 9.41. The summed E-state index contributed by atoms with van der Waals surface area (Å²) in [7, 11) is 0. The Kier molecular flexibility index (Phi) is 5.89. The molecule has 2 aliphatic heterocycles. The summed E-state index contributed by atoms with van der Waals surface area (Å²) in [4.78, 5) is 7.92. The van der Waals surface area contributed by atoms with Crippen LogP contribution >= 0.6 is 15.9 Å². The van der Waals surface area contributed by atoms with Crippen LogP contribution in [0.4, 0.5) is 5.69 Å². The number of halogens is 1. The first kappa shape index (κ1) is 19.8. The third kappa shape index (κ3) is 4.46. The molecule has 4 heteroatoms. The van der Waals surface area contributed by atoms with E-state index in [-0.39, 0.29) is 0 Å². The molecular weight excluding hydrogens is 434 g/mol. The van der Waals surface area contributed by atoms with Gasteiger partial charge >= 0.3 is 0 Å². The summed E-state index contributed by atoms with van der Waals surface area (Å²) in [5.74, 6) is 0. The maximum absolute atomic E-state index is 3.56. The molecule has 0 amide bonds. The van der Waals surface area contributed by atoms with Crippen LogP contribution in [0.3, 0.4) is 0 Å². The van der Waals surface area contributed by atoms with Gasteiger partial charge in [0.25, 0.3) is 0 Å². The van der Waals surface area contributed by atoms with Gasteiger partial charge in [0.1, 0.15) is 0 Å². The van der Waals surface area contributed by atoms with Gasteiger partial charge in [-0.05, 0) is 34.9 Å². The van der Waals surface area contributed by atoms with Crippen molar-refractivity contribution in [2.24, 2.45) is 0 Å². The molecule has 5 rings (SSSR count). The summed E-state index contributed by atoms with van der Waals surface area (Å²) in [6, 6.07) is 29.2. The SMILES string of the molecule is Brc1ccc(CN2Cc3ccccc3N3CCN(Cc4ccccc4)CC3C2)cc1. The smallest absolute Gasteiger partial charge is 0.0545 e. The monoisotopic (exact) mass is 461 g/mol. The molecule has 0 radical (unpaired) electrons. The van der Waals surface area contributed by atoms with Crippen molar-refractivity contribution >= 4 is 21.6 Å². The first-order chi connectivity index (χ1) is 14.7. The van der Waals surface area contributed by atoms with Crippen molar-refractivity contribution in [2.45, 2.75) is 25.7 Å². The molecule has 0 aliphatic carbocycles. The van der Waals surface area contributed by atoms with Crippen LogP contribution in [-0.4, -0.2) is 42.0 Å². The Morgan fingerprint density at radius 3 is 2.20 bits per heavy atom. The minimum absolute atomic E-state index is 0.515. The minimum Gasteiger partial charge on any atom is -0.364 e. The van der Waals surface area contributed by atoms with Crippen LogP contribution in [0.25, 0.3) is 0 Å². The Morgan fingerprint density at radius 2 is 1.37 bits per heavy atom. The Labute approximate surface area is 188 Å². The predicted molar refractivity (Wildman–Crippen MR) is 128 cm³/mol. The number of hydrogen-bond acceptors (Lipinski definition) is 3. The maximum Gasteiger partial charge on any atom is 0.0545 e. The van der Waals surface area contributed by atoms with E-state index in [1.807, 2.05) is 0 Å². The summed E-state index contributed by atoms with van der Waals surface area (Å²) in [6.07, 6.45) is 0. The normalized spacial score (nSPS) is 19.8. The van der Waals surface area contributed by atoms with Gasteiger partial charge in [0.15, 0.2) is 0 Å². The standard InChI is InChI=1S/C26H28BrN3/c27-24-12-10-22(11-13-24)17-29-18-23-8-4-5-9-26(23)30-15-14-28(19-25(30)20-29)16-21-6-2-1-3-7-21/h1-13,25H,14-20H2. The summed E-state index contributed by atoms with van der Waals surface area (Å²) in [5.41, 5.74) is 5.67. The van der Waals surface area contributed by atoms with Gasteiger partial charge in [-0.25, -0.2) is 0 Å². The van der Waals surface area contributed by atoms with Crippen LogP contribution in [0.2, 0.25) is 0 Å². The summed E-state index contributed by atoms with van der Waals surface area (Å²) in [6.45, 7) is 7.46. The van der Waals surface area contributed by atoms with Crippen LogP contribution in [0, 0.1) is 0 Å². The maximum atomic E-state index is 3.56. The van der Waals surface area contributed by atoms with Gasteiger partial charge in [-0.2, -0.15) is 0 Å². The van der Waals surface area contributed by atoms with Gasteiger partial charge in [-0.1, -0.05) is 76.6 Å². The second kappa shape index (κ2) is 8.93. The first-order valence-corrected chi connectivity index (χ1v) is 11.6. The molecule has 154 valence electrons. The number of rotatable bonds is 4. The summed E-state index contributed by atoms with van der Waals surface area (Å²) >= 11 is 3.56. The predicted octanol–water partition coefficient (Wildman–Crippen LogP) is 5.16. The largest absolute Gasteiger partial charge is 0.364 e. The number of benzene rings is 3. The number of hydrogen-bond donors (Lipinski definition) is 0. The topological polar surface area (TPSA) is 9.72 Å². The molecule has 3 aromatic rings. The highest BCUT2D eigenvalue weighted by molar-refractivity contribution is 9.10. The van der Waals surface area contributed by atoms with Crippen LogP contribution in [0.5, 0.6) is 0 Å². The molecule has 2 heterocycles. The van der Waals surface area contributed by atoms with E-state index in [4.69, 9.17) is 0 Å². The second-order valence-electron chi connectivity index (χ2n) is 8.49. The molecule has 3 aromatic carbocycles. The number of anilines is 1. The molecule has 0 aromatic heterocycles. The average molecular weight is 462 g/mol. The van der Waals surface area contributed by atoms with Gasteiger partial charge in [0.2, 0.25) is 0 Å². The Balaban J connectivity index is 1.37. The molecule has 0 N–H and O–H groups in total. The molecule has 0 saturated carbocycles. The number of nitrogens with zero attached hydrogens (tertiary/aromatic N) is 3. The lowest BCUT2D eigenvalue weighted by atomic mass is 10.1. The Hall–Kier alpha value is -2.14.